The van der Waals surface area contributed by atoms with Crippen molar-refractivity contribution in [1.29, 1.82) is 0 Å². The van der Waals surface area contributed by atoms with Crippen LogP contribution in [0, 0.1) is 0 Å². The SMILES string of the molecule is CCNC(=O)c1cccc(NCc2ccc(Cl)cc2Br)c1. The van der Waals surface area contributed by atoms with Gasteiger partial charge >= 0.3 is 0 Å². The summed E-state index contributed by atoms with van der Waals surface area (Å²) in [7, 11) is 0. The molecule has 0 aromatic heterocycles. The Balaban J connectivity index is 2.06. The van der Waals surface area contributed by atoms with Gasteiger partial charge in [0.25, 0.3) is 5.91 Å². The summed E-state index contributed by atoms with van der Waals surface area (Å²) >= 11 is 9.41. The summed E-state index contributed by atoms with van der Waals surface area (Å²) in [6, 6.07) is 13.1. The maximum Gasteiger partial charge on any atom is 0.251 e. The second kappa shape index (κ2) is 7.48. The van der Waals surface area contributed by atoms with Crippen molar-refractivity contribution in [2.24, 2.45) is 0 Å². The molecule has 2 aromatic carbocycles. The molecule has 0 heterocycles. The zero-order valence-corrected chi connectivity index (χ0v) is 14.0. The van der Waals surface area contributed by atoms with Crippen molar-refractivity contribution in [3.63, 3.8) is 0 Å². The molecule has 110 valence electrons. The summed E-state index contributed by atoms with van der Waals surface area (Å²) in [5.41, 5.74) is 2.65. The second-order valence-corrected chi connectivity index (χ2v) is 5.82. The van der Waals surface area contributed by atoms with E-state index < -0.39 is 0 Å². The minimum absolute atomic E-state index is 0.0613. The summed E-state index contributed by atoms with van der Waals surface area (Å²) in [4.78, 5) is 11.8. The molecule has 0 saturated carbocycles. The first-order valence-corrected chi connectivity index (χ1v) is 7.83. The van der Waals surface area contributed by atoms with Crippen LogP contribution in [-0.4, -0.2) is 12.5 Å². The molecule has 0 unspecified atom stereocenters. The first-order chi connectivity index (χ1) is 10.1. The van der Waals surface area contributed by atoms with Crippen LogP contribution < -0.4 is 10.6 Å². The topological polar surface area (TPSA) is 41.1 Å². The largest absolute Gasteiger partial charge is 0.381 e. The van der Waals surface area contributed by atoms with Crippen LogP contribution in [0.2, 0.25) is 5.02 Å². The van der Waals surface area contributed by atoms with Gasteiger partial charge < -0.3 is 10.6 Å². The molecule has 3 nitrogen and oxygen atoms in total. The highest BCUT2D eigenvalue weighted by atomic mass is 79.9. The molecule has 0 aliphatic rings. The van der Waals surface area contributed by atoms with Gasteiger partial charge in [-0.2, -0.15) is 0 Å². The Labute approximate surface area is 137 Å². The number of hydrogen-bond acceptors (Lipinski definition) is 2. The number of carbonyl (C=O) groups excluding carboxylic acids is 1. The molecule has 0 fully saturated rings. The van der Waals surface area contributed by atoms with Crippen molar-refractivity contribution in [2.75, 3.05) is 11.9 Å². The molecule has 2 rings (SSSR count). The summed E-state index contributed by atoms with van der Waals surface area (Å²) < 4.78 is 0.961. The number of anilines is 1. The monoisotopic (exact) mass is 366 g/mol. The third kappa shape index (κ3) is 4.48. The fourth-order valence-corrected chi connectivity index (χ4v) is 2.72. The minimum atomic E-state index is -0.0613. The predicted octanol–water partition coefficient (Wildman–Crippen LogP) is 4.46. The number of nitrogens with one attached hydrogen (secondary N) is 2. The van der Waals surface area contributed by atoms with Crippen LogP contribution in [0.3, 0.4) is 0 Å². The predicted molar refractivity (Wildman–Crippen MR) is 90.9 cm³/mol. The van der Waals surface area contributed by atoms with E-state index in [1.165, 1.54) is 0 Å². The van der Waals surface area contributed by atoms with Gasteiger partial charge in [-0.3, -0.25) is 4.79 Å². The van der Waals surface area contributed by atoms with Crippen LogP contribution in [-0.2, 0) is 6.54 Å². The van der Waals surface area contributed by atoms with Crippen molar-refractivity contribution in [3.05, 3.63) is 63.1 Å². The lowest BCUT2D eigenvalue weighted by molar-refractivity contribution is 0.0956. The molecule has 1 amide bonds. The van der Waals surface area contributed by atoms with Gasteiger partial charge in [0.05, 0.1) is 0 Å². The fraction of sp³-hybridized carbons (Fsp3) is 0.188. The lowest BCUT2D eigenvalue weighted by atomic mass is 10.1. The first-order valence-electron chi connectivity index (χ1n) is 6.66. The smallest absolute Gasteiger partial charge is 0.251 e. The zero-order valence-electron chi connectivity index (χ0n) is 11.6. The standard InChI is InChI=1S/C16H16BrClN2O/c1-2-19-16(21)11-4-3-5-14(8-11)20-10-12-6-7-13(18)9-15(12)17/h3-9,20H,2,10H2,1H3,(H,19,21). The molecule has 0 saturated heterocycles. The fourth-order valence-electron chi connectivity index (χ4n) is 1.90. The van der Waals surface area contributed by atoms with Crippen molar-refractivity contribution >= 4 is 39.1 Å². The second-order valence-electron chi connectivity index (χ2n) is 4.53. The third-order valence-electron chi connectivity index (χ3n) is 2.96. The Hall–Kier alpha value is -1.52. The van der Waals surface area contributed by atoms with E-state index in [-0.39, 0.29) is 5.91 Å². The Bertz CT molecular complexity index is 646. The maximum atomic E-state index is 11.8. The van der Waals surface area contributed by atoms with E-state index >= 15 is 0 Å². The molecular weight excluding hydrogens is 352 g/mol. The molecule has 0 aliphatic heterocycles. The quantitative estimate of drug-likeness (QED) is 0.819. The molecule has 0 bridgehead atoms. The number of halogens is 2. The van der Waals surface area contributed by atoms with E-state index in [0.717, 1.165) is 15.7 Å². The number of carbonyl (C=O) groups is 1. The van der Waals surface area contributed by atoms with Crippen molar-refractivity contribution in [3.8, 4) is 0 Å². The van der Waals surface area contributed by atoms with Gasteiger partial charge in [-0.25, -0.2) is 0 Å². The highest BCUT2D eigenvalue weighted by Crippen LogP contribution is 2.22. The van der Waals surface area contributed by atoms with E-state index in [2.05, 4.69) is 26.6 Å². The average molecular weight is 368 g/mol. The molecular formula is C16H16BrClN2O. The van der Waals surface area contributed by atoms with Gasteiger partial charge in [0.2, 0.25) is 0 Å². The molecule has 0 spiro atoms. The van der Waals surface area contributed by atoms with Crippen LogP contribution >= 0.6 is 27.5 Å². The van der Waals surface area contributed by atoms with Gasteiger partial charge in [-0.05, 0) is 42.8 Å². The van der Waals surface area contributed by atoms with Crippen LogP contribution in [0.1, 0.15) is 22.8 Å². The zero-order chi connectivity index (χ0) is 15.2. The van der Waals surface area contributed by atoms with Crippen LogP contribution in [0.25, 0.3) is 0 Å². The van der Waals surface area contributed by atoms with Gasteiger partial charge in [-0.15, -0.1) is 0 Å². The van der Waals surface area contributed by atoms with Gasteiger partial charge in [-0.1, -0.05) is 39.7 Å². The number of amides is 1. The Morgan fingerprint density at radius 1 is 1.24 bits per heavy atom. The molecule has 0 aliphatic carbocycles. The van der Waals surface area contributed by atoms with E-state index in [1.807, 2.05) is 43.3 Å². The Morgan fingerprint density at radius 3 is 2.76 bits per heavy atom. The van der Waals surface area contributed by atoms with Gasteiger partial charge in [0.15, 0.2) is 0 Å². The van der Waals surface area contributed by atoms with Gasteiger partial charge in [0.1, 0.15) is 0 Å². The highest BCUT2D eigenvalue weighted by Gasteiger charge is 2.05. The summed E-state index contributed by atoms with van der Waals surface area (Å²) in [6.07, 6.45) is 0. The summed E-state index contributed by atoms with van der Waals surface area (Å²) in [5.74, 6) is -0.0613. The molecule has 2 aromatic rings. The van der Waals surface area contributed by atoms with Crippen LogP contribution in [0.5, 0.6) is 0 Å². The highest BCUT2D eigenvalue weighted by molar-refractivity contribution is 9.10. The van der Waals surface area contributed by atoms with Crippen LogP contribution in [0.15, 0.2) is 46.9 Å². The average Bonchev–Trinajstić information content (AvgIpc) is 2.47. The normalized spacial score (nSPS) is 10.2. The molecule has 5 heteroatoms. The molecule has 0 atom stereocenters. The van der Waals surface area contributed by atoms with E-state index in [4.69, 9.17) is 11.6 Å². The van der Waals surface area contributed by atoms with Gasteiger partial charge in [0, 0.05) is 33.8 Å². The Kier molecular flexibility index (Phi) is 5.65. The number of rotatable bonds is 5. The summed E-state index contributed by atoms with van der Waals surface area (Å²) in [5, 5.41) is 6.79. The van der Waals surface area contributed by atoms with E-state index in [0.29, 0.717) is 23.7 Å². The van der Waals surface area contributed by atoms with Crippen LogP contribution in [0.4, 0.5) is 5.69 Å². The lowest BCUT2D eigenvalue weighted by Gasteiger charge is -2.10. The minimum Gasteiger partial charge on any atom is -0.381 e. The molecule has 2 N–H and O–H groups in total. The molecule has 21 heavy (non-hydrogen) atoms. The first kappa shape index (κ1) is 15.9. The Morgan fingerprint density at radius 2 is 2.05 bits per heavy atom. The van der Waals surface area contributed by atoms with Crippen molar-refractivity contribution in [2.45, 2.75) is 13.5 Å². The third-order valence-corrected chi connectivity index (χ3v) is 3.93. The maximum absolute atomic E-state index is 11.8. The van der Waals surface area contributed by atoms with E-state index in [1.54, 1.807) is 6.07 Å². The van der Waals surface area contributed by atoms with Crippen molar-refractivity contribution < 1.29 is 4.79 Å². The molecule has 0 radical (unpaired) electrons. The van der Waals surface area contributed by atoms with E-state index in [9.17, 15) is 4.79 Å². The van der Waals surface area contributed by atoms with Crippen molar-refractivity contribution in [1.82, 2.24) is 5.32 Å². The lowest BCUT2D eigenvalue weighted by Crippen LogP contribution is -2.22. The number of benzene rings is 2. The number of hydrogen-bond donors (Lipinski definition) is 2. The summed E-state index contributed by atoms with van der Waals surface area (Å²) in [6.45, 7) is 3.17.